The van der Waals surface area contributed by atoms with Crippen LogP contribution in [0.3, 0.4) is 0 Å². The van der Waals surface area contributed by atoms with Crippen molar-refractivity contribution in [3.8, 4) is 0 Å². The molecule has 1 rings (SSSR count). The molecule has 1 aliphatic rings. The van der Waals surface area contributed by atoms with E-state index in [1.165, 1.54) is 44.2 Å². The molecule has 0 radical (unpaired) electrons. The molecule has 0 N–H and O–H groups in total. The minimum atomic E-state index is 0.791. The van der Waals surface area contributed by atoms with Crippen LogP contribution < -0.4 is 0 Å². The van der Waals surface area contributed by atoms with Crippen molar-refractivity contribution in [2.75, 3.05) is 13.1 Å². The SMILES string of the molecule is CC(C)CCCCC1=[N+](CCCC(C)C)N=NC1. The molecule has 3 heteroatoms. The summed E-state index contributed by atoms with van der Waals surface area (Å²) in [6, 6.07) is 0. The summed E-state index contributed by atoms with van der Waals surface area (Å²) >= 11 is 0. The first-order valence-electron chi connectivity index (χ1n) is 7.59. The molecule has 0 aromatic heterocycles. The van der Waals surface area contributed by atoms with Gasteiger partial charge in [0.05, 0.1) is 0 Å². The van der Waals surface area contributed by atoms with E-state index in [4.69, 9.17) is 0 Å². The van der Waals surface area contributed by atoms with E-state index in [9.17, 15) is 0 Å². The molecular formula is C15H30N3+. The minimum Gasteiger partial charge on any atom is -0.135 e. The summed E-state index contributed by atoms with van der Waals surface area (Å²) in [4.78, 5) is 0. The van der Waals surface area contributed by atoms with Crippen LogP contribution >= 0.6 is 0 Å². The maximum absolute atomic E-state index is 4.25. The average Bonchev–Trinajstić information content (AvgIpc) is 2.71. The summed E-state index contributed by atoms with van der Waals surface area (Å²) in [5, 5.41) is 8.42. The Morgan fingerprint density at radius 1 is 1.00 bits per heavy atom. The van der Waals surface area contributed by atoms with Gasteiger partial charge in [-0.05, 0) is 31.1 Å². The highest BCUT2D eigenvalue weighted by Gasteiger charge is 2.19. The lowest BCUT2D eigenvalue weighted by atomic mass is 10.0. The molecule has 1 aliphatic heterocycles. The zero-order valence-electron chi connectivity index (χ0n) is 12.7. The number of unbranched alkanes of at least 4 members (excludes halogenated alkanes) is 1. The van der Waals surface area contributed by atoms with Crippen LogP contribution in [-0.4, -0.2) is 23.5 Å². The molecule has 0 fully saturated rings. The van der Waals surface area contributed by atoms with E-state index in [1.54, 1.807) is 0 Å². The van der Waals surface area contributed by atoms with Gasteiger partial charge in [-0.15, -0.1) is 4.68 Å². The number of hydrogen-bond acceptors (Lipinski definition) is 2. The average molecular weight is 252 g/mol. The van der Waals surface area contributed by atoms with Gasteiger partial charge in [0.1, 0.15) is 11.8 Å². The van der Waals surface area contributed by atoms with Crippen LogP contribution in [0.2, 0.25) is 0 Å². The Kier molecular flexibility index (Phi) is 7.14. The first kappa shape index (κ1) is 15.3. The number of nitrogens with zero attached hydrogens (tertiary/aromatic N) is 3. The van der Waals surface area contributed by atoms with Gasteiger partial charge in [0.15, 0.2) is 5.71 Å². The first-order valence-corrected chi connectivity index (χ1v) is 7.59. The fraction of sp³-hybridized carbons (Fsp3) is 0.933. The van der Waals surface area contributed by atoms with Gasteiger partial charge in [0, 0.05) is 11.5 Å². The van der Waals surface area contributed by atoms with E-state index in [2.05, 4.69) is 42.7 Å². The third-order valence-corrected chi connectivity index (χ3v) is 3.44. The van der Waals surface area contributed by atoms with E-state index in [0.717, 1.165) is 24.9 Å². The molecule has 0 saturated heterocycles. The van der Waals surface area contributed by atoms with Crippen LogP contribution in [0.5, 0.6) is 0 Å². The quantitative estimate of drug-likeness (QED) is 0.428. The van der Waals surface area contributed by atoms with E-state index in [-0.39, 0.29) is 0 Å². The first-order chi connectivity index (χ1) is 8.59. The highest BCUT2D eigenvalue weighted by atomic mass is 15.5. The van der Waals surface area contributed by atoms with Crippen molar-refractivity contribution in [1.29, 1.82) is 0 Å². The highest BCUT2D eigenvalue weighted by molar-refractivity contribution is 5.82. The lowest BCUT2D eigenvalue weighted by molar-refractivity contribution is -0.537. The van der Waals surface area contributed by atoms with Gasteiger partial charge in [-0.2, -0.15) is 0 Å². The molecule has 0 aromatic carbocycles. The zero-order chi connectivity index (χ0) is 13.4. The fourth-order valence-corrected chi connectivity index (χ4v) is 2.28. The van der Waals surface area contributed by atoms with Crippen LogP contribution in [0, 0.1) is 11.8 Å². The van der Waals surface area contributed by atoms with Crippen molar-refractivity contribution in [1.82, 2.24) is 0 Å². The van der Waals surface area contributed by atoms with Crippen LogP contribution in [0.4, 0.5) is 0 Å². The van der Waals surface area contributed by atoms with Crippen molar-refractivity contribution >= 4 is 5.71 Å². The van der Waals surface area contributed by atoms with Gasteiger partial charge in [-0.25, -0.2) is 0 Å². The van der Waals surface area contributed by atoms with E-state index < -0.39 is 0 Å². The van der Waals surface area contributed by atoms with Gasteiger partial charge in [0.25, 0.3) is 0 Å². The van der Waals surface area contributed by atoms with Gasteiger partial charge in [0.2, 0.25) is 6.54 Å². The lowest BCUT2D eigenvalue weighted by Gasteiger charge is -2.05. The van der Waals surface area contributed by atoms with E-state index in [0.29, 0.717) is 0 Å². The molecule has 0 saturated carbocycles. The molecule has 0 atom stereocenters. The summed E-state index contributed by atoms with van der Waals surface area (Å²) in [5.41, 5.74) is 1.43. The topological polar surface area (TPSA) is 27.7 Å². The van der Waals surface area contributed by atoms with Gasteiger partial charge < -0.3 is 0 Å². The Morgan fingerprint density at radius 3 is 2.33 bits per heavy atom. The number of rotatable bonds is 9. The molecule has 0 unspecified atom stereocenters. The molecule has 0 aromatic rings. The normalized spacial score (nSPS) is 15.4. The molecule has 1 heterocycles. The summed E-state index contributed by atoms with van der Waals surface area (Å²) < 4.78 is 2.15. The fourth-order valence-electron chi connectivity index (χ4n) is 2.28. The smallest absolute Gasteiger partial charge is 0.135 e. The minimum absolute atomic E-state index is 0.791. The molecular weight excluding hydrogens is 222 g/mol. The maximum atomic E-state index is 4.25. The van der Waals surface area contributed by atoms with Crippen molar-refractivity contribution in [3.63, 3.8) is 0 Å². The summed E-state index contributed by atoms with van der Waals surface area (Å²) in [5.74, 6) is 1.62. The second-order valence-corrected chi connectivity index (χ2v) is 6.25. The molecule has 0 bridgehead atoms. The van der Waals surface area contributed by atoms with E-state index >= 15 is 0 Å². The Hall–Kier alpha value is -0.730. The predicted octanol–water partition coefficient (Wildman–Crippen LogP) is 4.47. The standard InChI is InChI=1S/C15H30N3/c1-13(2)8-5-6-10-15-12-16-17-18(15)11-7-9-14(3)4/h13-14H,5-12H2,1-4H3/q+1. The van der Waals surface area contributed by atoms with Gasteiger partial charge in [-0.3, -0.25) is 0 Å². The summed E-state index contributed by atoms with van der Waals surface area (Å²) in [6.45, 7) is 11.0. The van der Waals surface area contributed by atoms with Gasteiger partial charge in [-0.1, -0.05) is 40.5 Å². The Morgan fingerprint density at radius 2 is 1.67 bits per heavy atom. The third-order valence-electron chi connectivity index (χ3n) is 3.44. The Labute approximate surface area is 112 Å². The van der Waals surface area contributed by atoms with Crippen molar-refractivity contribution in [2.24, 2.45) is 22.2 Å². The second-order valence-electron chi connectivity index (χ2n) is 6.25. The lowest BCUT2D eigenvalue weighted by Crippen LogP contribution is -2.16. The highest BCUT2D eigenvalue weighted by Crippen LogP contribution is 2.11. The molecule has 0 aliphatic carbocycles. The van der Waals surface area contributed by atoms with Crippen molar-refractivity contribution in [2.45, 2.75) is 66.2 Å². The van der Waals surface area contributed by atoms with Crippen LogP contribution in [-0.2, 0) is 0 Å². The Balaban J connectivity index is 2.24. The van der Waals surface area contributed by atoms with E-state index in [1.807, 2.05) is 0 Å². The molecule has 0 amide bonds. The summed E-state index contributed by atoms with van der Waals surface area (Å²) in [6.07, 6.45) is 7.66. The molecule has 3 nitrogen and oxygen atoms in total. The predicted molar refractivity (Wildman–Crippen MR) is 77.2 cm³/mol. The largest absolute Gasteiger partial charge is 0.215 e. The maximum Gasteiger partial charge on any atom is 0.215 e. The summed E-state index contributed by atoms with van der Waals surface area (Å²) in [7, 11) is 0. The van der Waals surface area contributed by atoms with Crippen LogP contribution in [0.1, 0.15) is 66.2 Å². The monoisotopic (exact) mass is 252 g/mol. The van der Waals surface area contributed by atoms with Crippen LogP contribution in [0.25, 0.3) is 0 Å². The van der Waals surface area contributed by atoms with Crippen molar-refractivity contribution < 1.29 is 4.68 Å². The third kappa shape index (κ3) is 6.27. The Bertz CT molecular complexity index is 290. The molecule has 104 valence electrons. The molecule has 18 heavy (non-hydrogen) atoms. The zero-order valence-corrected chi connectivity index (χ0v) is 12.7. The molecule has 0 spiro atoms. The number of hydrogen-bond donors (Lipinski definition) is 0. The second kappa shape index (κ2) is 8.39. The van der Waals surface area contributed by atoms with Crippen molar-refractivity contribution in [3.05, 3.63) is 0 Å². The van der Waals surface area contributed by atoms with Crippen LogP contribution in [0.15, 0.2) is 10.3 Å². The van der Waals surface area contributed by atoms with Gasteiger partial charge >= 0.3 is 0 Å².